The average molecular weight is 372 g/mol. The second-order valence-corrected chi connectivity index (χ2v) is 7.98. The van der Waals surface area contributed by atoms with Crippen LogP contribution in [0.2, 0.25) is 0 Å². The largest absolute Gasteiger partial charge is 0.480 e. The first-order chi connectivity index (χ1) is 12.0. The quantitative estimate of drug-likeness (QED) is 0.286. The molecule has 4 atom stereocenters. The lowest BCUT2D eigenvalue weighted by atomic mass is 10.0. The summed E-state index contributed by atoms with van der Waals surface area (Å²) in [6, 6.07) is -0.0828. The minimum atomic E-state index is -0.976. The van der Waals surface area contributed by atoms with E-state index >= 15 is 0 Å². The molecule has 0 spiro atoms. The lowest BCUT2D eigenvalue weighted by Crippen LogP contribution is -2.36. The number of guanidine groups is 1. The molecular formula is C16H29N5O3S. The van der Waals surface area contributed by atoms with Gasteiger partial charge in [0.25, 0.3) is 0 Å². The van der Waals surface area contributed by atoms with Gasteiger partial charge in [0.05, 0.1) is 12.1 Å². The van der Waals surface area contributed by atoms with Crippen molar-refractivity contribution in [1.29, 1.82) is 5.41 Å². The fourth-order valence-electron chi connectivity index (χ4n) is 3.24. The van der Waals surface area contributed by atoms with Gasteiger partial charge in [-0.15, -0.1) is 0 Å². The molecule has 2 aliphatic rings. The third kappa shape index (κ3) is 6.39. The van der Waals surface area contributed by atoms with Crippen molar-refractivity contribution in [2.45, 2.75) is 68.3 Å². The molecule has 7 N–H and O–H groups in total. The Morgan fingerprint density at radius 2 is 2.12 bits per heavy atom. The summed E-state index contributed by atoms with van der Waals surface area (Å²) >= 11 is 1.94. The summed E-state index contributed by atoms with van der Waals surface area (Å²) in [6.45, 7) is 0.575. The van der Waals surface area contributed by atoms with Crippen LogP contribution in [-0.2, 0) is 9.59 Å². The number of carbonyl (C=O) groups is 2. The summed E-state index contributed by atoms with van der Waals surface area (Å²) in [5.41, 5.74) is 5.42. The molecule has 0 bridgehead atoms. The van der Waals surface area contributed by atoms with Crippen LogP contribution in [0.5, 0.6) is 0 Å². The number of unbranched alkanes of at least 4 members (excludes halogenated alkanes) is 2. The van der Waals surface area contributed by atoms with Gasteiger partial charge in [-0.2, -0.15) is 11.8 Å². The normalized spacial score (nSPS) is 25.8. The maximum Gasteiger partial charge on any atom is 0.320 e. The van der Waals surface area contributed by atoms with Gasteiger partial charge in [-0.3, -0.25) is 15.0 Å². The Hall–Kier alpha value is -1.48. The second-order valence-electron chi connectivity index (χ2n) is 6.70. The summed E-state index contributed by atoms with van der Waals surface area (Å²) in [4.78, 5) is 22.4. The highest BCUT2D eigenvalue weighted by molar-refractivity contribution is 8.00. The lowest BCUT2D eigenvalue weighted by molar-refractivity contribution is -0.138. The molecule has 1 amide bonds. The summed E-state index contributed by atoms with van der Waals surface area (Å²) < 4.78 is 0. The fourth-order valence-corrected chi connectivity index (χ4v) is 4.78. The van der Waals surface area contributed by atoms with Crippen LogP contribution in [0.4, 0.5) is 0 Å². The Morgan fingerprint density at radius 3 is 2.88 bits per heavy atom. The minimum Gasteiger partial charge on any atom is -0.480 e. The maximum absolute atomic E-state index is 11.8. The summed E-state index contributed by atoms with van der Waals surface area (Å²) in [5.74, 6) is 0.554. The number of nitrogens with one attached hydrogen (secondary N) is 4. The third-order valence-corrected chi connectivity index (χ3v) is 6.20. The summed E-state index contributed by atoms with van der Waals surface area (Å²) in [5, 5.41) is 26.0. The molecule has 2 fully saturated rings. The Kier molecular flexibility index (Phi) is 7.83. The van der Waals surface area contributed by atoms with Crippen molar-refractivity contribution in [2.75, 3.05) is 12.3 Å². The zero-order valence-electron chi connectivity index (χ0n) is 14.4. The number of fused-ring (bicyclic) bond motifs is 1. The van der Waals surface area contributed by atoms with E-state index in [1.807, 2.05) is 11.8 Å². The van der Waals surface area contributed by atoms with Crippen molar-refractivity contribution in [3.63, 3.8) is 0 Å². The summed E-state index contributed by atoms with van der Waals surface area (Å²) in [6.07, 6.45) is 5.36. The number of carboxylic acid groups (broad SMARTS) is 1. The molecule has 0 saturated carbocycles. The average Bonchev–Trinajstić information content (AvgIpc) is 3.10. The van der Waals surface area contributed by atoms with Crippen LogP contribution in [0.15, 0.2) is 0 Å². The van der Waals surface area contributed by atoms with Crippen molar-refractivity contribution < 1.29 is 14.7 Å². The number of carboxylic acids is 1. The van der Waals surface area contributed by atoms with E-state index in [1.165, 1.54) is 0 Å². The highest BCUT2D eigenvalue weighted by Crippen LogP contribution is 2.33. The number of rotatable bonds is 11. The van der Waals surface area contributed by atoms with E-state index in [0.717, 1.165) is 31.4 Å². The molecule has 2 rings (SSSR count). The van der Waals surface area contributed by atoms with Crippen molar-refractivity contribution >= 4 is 29.6 Å². The molecule has 8 nitrogen and oxygen atoms in total. The van der Waals surface area contributed by atoms with Crippen LogP contribution in [0.1, 0.15) is 44.9 Å². The van der Waals surface area contributed by atoms with Crippen LogP contribution in [-0.4, -0.2) is 58.6 Å². The number of aliphatic carboxylic acids is 1. The number of thioether (sulfide) groups is 1. The first-order valence-corrected chi connectivity index (χ1v) is 10.0. The fraction of sp³-hybridized carbons (Fsp3) is 0.812. The number of hydrogen-bond donors (Lipinski definition) is 6. The van der Waals surface area contributed by atoms with E-state index < -0.39 is 12.0 Å². The molecular weight excluding hydrogens is 342 g/mol. The van der Waals surface area contributed by atoms with E-state index in [0.29, 0.717) is 49.1 Å². The topological polar surface area (TPSA) is 140 Å². The Bertz CT molecular complexity index is 490. The van der Waals surface area contributed by atoms with Crippen LogP contribution in [0.25, 0.3) is 0 Å². The highest BCUT2D eigenvalue weighted by Gasteiger charge is 2.41. The van der Waals surface area contributed by atoms with Gasteiger partial charge in [0.1, 0.15) is 6.04 Å². The molecule has 2 heterocycles. The first kappa shape index (κ1) is 19.8. The molecule has 2 saturated heterocycles. The number of amides is 1. The molecule has 0 aromatic heterocycles. The minimum absolute atomic E-state index is 0.0573. The number of hydrogen-bond acceptors (Lipinski definition) is 5. The van der Waals surface area contributed by atoms with Crippen LogP contribution in [0, 0.1) is 5.41 Å². The predicted octanol–water partition coefficient (Wildman–Crippen LogP) is 0.225. The van der Waals surface area contributed by atoms with Crippen molar-refractivity contribution in [1.82, 2.24) is 16.0 Å². The lowest BCUT2D eigenvalue weighted by Gasteiger charge is -2.16. The number of nitrogens with two attached hydrogens (primary N) is 1. The monoisotopic (exact) mass is 371 g/mol. The molecule has 0 aliphatic carbocycles. The number of carbonyl (C=O) groups excluding carboxylic acids is 1. The van der Waals surface area contributed by atoms with E-state index in [9.17, 15) is 9.59 Å². The zero-order valence-corrected chi connectivity index (χ0v) is 15.2. The van der Waals surface area contributed by atoms with Gasteiger partial charge < -0.3 is 26.8 Å². The van der Waals surface area contributed by atoms with Crippen LogP contribution in [0.3, 0.4) is 0 Å². The SMILES string of the molecule is N=C1N[C@H]2CSC(CCCCC(=O)NCCCCC(N)C(=O)O)[C@H]2N1. The molecule has 142 valence electrons. The van der Waals surface area contributed by atoms with E-state index in [-0.39, 0.29) is 5.91 Å². The first-order valence-electron chi connectivity index (χ1n) is 8.95. The summed E-state index contributed by atoms with van der Waals surface area (Å²) in [7, 11) is 0. The van der Waals surface area contributed by atoms with Crippen LogP contribution >= 0.6 is 11.8 Å². The Balaban J connectivity index is 1.46. The van der Waals surface area contributed by atoms with E-state index in [4.69, 9.17) is 16.2 Å². The maximum atomic E-state index is 11.8. The molecule has 0 aromatic carbocycles. The van der Waals surface area contributed by atoms with Gasteiger partial charge in [0, 0.05) is 24.0 Å². The van der Waals surface area contributed by atoms with Crippen LogP contribution < -0.4 is 21.7 Å². The van der Waals surface area contributed by atoms with Crippen molar-refractivity contribution in [2.24, 2.45) is 5.73 Å². The van der Waals surface area contributed by atoms with E-state index in [1.54, 1.807) is 0 Å². The molecule has 25 heavy (non-hydrogen) atoms. The van der Waals surface area contributed by atoms with Gasteiger partial charge in [-0.25, -0.2) is 0 Å². The standard InChI is InChI=1S/C16H29N5O3S/c17-10(15(23)24)5-3-4-8-19-13(22)7-2-1-6-12-14-11(9-25-12)20-16(18)21-14/h10-12,14H,1-9,17H2,(H,19,22)(H,23,24)(H3,18,20,21)/t10?,11-,12?,14-/m0/s1. The Morgan fingerprint density at radius 1 is 1.32 bits per heavy atom. The second kappa shape index (κ2) is 9.86. The molecule has 9 heteroatoms. The van der Waals surface area contributed by atoms with Gasteiger partial charge >= 0.3 is 5.97 Å². The van der Waals surface area contributed by atoms with Gasteiger partial charge in [0.15, 0.2) is 5.96 Å². The van der Waals surface area contributed by atoms with E-state index in [2.05, 4.69) is 16.0 Å². The zero-order chi connectivity index (χ0) is 18.2. The van der Waals surface area contributed by atoms with Crippen molar-refractivity contribution in [3.8, 4) is 0 Å². The highest BCUT2D eigenvalue weighted by atomic mass is 32.2. The third-order valence-electron chi connectivity index (χ3n) is 4.69. The molecule has 0 radical (unpaired) electrons. The van der Waals surface area contributed by atoms with Gasteiger partial charge in [-0.05, 0) is 32.1 Å². The smallest absolute Gasteiger partial charge is 0.320 e. The van der Waals surface area contributed by atoms with Gasteiger partial charge in [0.2, 0.25) is 5.91 Å². The van der Waals surface area contributed by atoms with Crippen molar-refractivity contribution in [3.05, 3.63) is 0 Å². The molecule has 2 aliphatic heterocycles. The Labute approximate surface area is 152 Å². The molecule has 2 unspecified atom stereocenters. The molecule has 0 aromatic rings. The predicted molar refractivity (Wildman–Crippen MR) is 98.8 cm³/mol. The van der Waals surface area contributed by atoms with Gasteiger partial charge in [-0.1, -0.05) is 6.42 Å².